The van der Waals surface area contributed by atoms with Crippen molar-refractivity contribution in [1.82, 2.24) is 9.88 Å². The summed E-state index contributed by atoms with van der Waals surface area (Å²) >= 11 is 1.28. The molecule has 1 saturated heterocycles. The van der Waals surface area contributed by atoms with E-state index in [0.717, 1.165) is 0 Å². The van der Waals surface area contributed by atoms with Gasteiger partial charge in [0.05, 0.1) is 17.9 Å². The van der Waals surface area contributed by atoms with E-state index in [2.05, 4.69) is 10.3 Å². The van der Waals surface area contributed by atoms with Gasteiger partial charge in [0.15, 0.2) is 5.13 Å². The number of ether oxygens (including phenoxy) is 1. The van der Waals surface area contributed by atoms with E-state index < -0.39 is 11.6 Å². The maximum Gasteiger partial charge on any atom is 0.273 e. The van der Waals surface area contributed by atoms with Crippen molar-refractivity contribution in [3.8, 4) is 0 Å². The van der Waals surface area contributed by atoms with Gasteiger partial charge in [0.25, 0.3) is 11.8 Å². The van der Waals surface area contributed by atoms with Gasteiger partial charge < -0.3 is 9.64 Å². The minimum atomic E-state index is -1.42. The summed E-state index contributed by atoms with van der Waals surface area (Å²) in [4.78, 5) is 46.4. The molecule has 1 N–H and O–H groups in total. The van der Waals surface area contributed by atoms with E-state index in [4.69, 9.17) is 4.74 Å². The van der Waals surface area contributed by atoms with Crippen molar-refractivity contribution in [2.24, 2.45) is 0 Å². The first kappa shape index (κ1) is 17.6. The van der Waals surface area contributed by atoms with Crippen molar-refractivity contribution in [3.05, 3.63) is 41.4 Å². The summed E-state index contributed by atoms with van der Waals surface area (Å²) in [6, 6.07) is 6.88. The fourth-order valence-corrected chi connectivity index (χ4v) is 4.28. The zero-order chi connectivity index (χ0) is 19.0. The van der Waals surface area contributed by atoms with Crippen LogP contribution in [0.3, 0.4) is 0 Å². The number of nitrogens with zero attached hydrogens (tertiary/aromatic N) is 3. The molecule has 140 valence electrons. The zero-order valence-corrected chi connectivity index (χ0v) is 15.5. The molecule has 3 heterocycles. The van der Waals surface area contributed by atoms with E-state index in [0.29, 0.717) is 16.4 Å². The van der Waals surface area contributed by atoms with Gasteiger partial charge >= 0.3 is 0 Å². The van der Waals surface area contributed by atoms with E-state index in [1.54, 1.807) is 35.8 Å². The number of anilines is 2. The summed E-state index contributed by atoms with van der Waals surface area (Å²) in [7, 11) is 1.53. The highest BCUT2D eigenvalue weighted by atomic mass is 32.1. The maximum atomic E-state index is 13.4. The van der Waals surface area contributed by atoms with Crippen molar-refractivity contribution < 1.29 is 19.1 Å². The van der Waals surface area contributed by atoms with Gasteiger partial charge in [-0.1, -0.05) is 12.1 Å². The molecule has 0 saturated carbocycles. The average Bonchev–Trinajstić information content (AvgIpc) is 3.30. The number of benzene rings is 1. The van der Waals surface area contributed by atoms with Crippen molar-refractivity contribution in [2.45, 2.75) is 18.5 Å². The molecule has 0 spiro atoms. The lowest BCUT2D eigenvalue weighted by Crippen LogP contribution is -2.69. The van der Waals surface area contributed by atoms with Crippen LogP contribution in [0.25, 0.3) is 0 Å². The number of carbonyl (C=O) groups is 3. The SMILES string of the molecule is COCCN1C(=O)c2ccccc2N2C(=O)CCC12C(=O)Nc1nccs1. The van der Waals surface area contributed by atoms with Gasteiger partial charge in [-0.2, -0.15) is 0 Å². The lowest BCUT2D eigenvalue weighted by atomic mass is 9.95. The Morgan fingerprint density at radius 1 is 1.37 bits per heavy atom. The van der Waals surface area contributed by atoms with Crippen LogP contribution in [0.1, 0.15) is 23.2 Å². The zero-order valence-electron chi connectivity index (χ0n) is 14.7. The second kappa shape index (κ2) is 6.75. The molecule has 4 rings (SSSR count). The third-order valence-corrected chi connectivity index (χ3v) is 5.60. The molecule has 1 unspecified atom stereocenters. The summed E-state index contributed by atoms with van der Waals surface area (Å²) < 4.78 is 5.15. The molecular weight excluding hydrogens is 368 g/mol. The first-order chi connectivity index (χ1) is 13.1. The molecule has 2 aromatic rings. The van der Waals surface area contributed by atoms with Crippen LogP contribution in [0.4, 0.5) is 10.8 Å². The molecule has 1 atom stereocenters. The Bertz CT molecular complexity index is 901. The highest BCUT2D eigenvalue weighted by Crippen LogP contribution is 2.44. The number of methoxy groups -OCH3 is 1. The number of aromatic nitrogens is 1. The Kier molecular flexibility index (Phi) is 4.40. The lowest BCUT2D eigenvalue weighted by Gasteiger charge is -2.48. The molecule has 1 aromatic carbocycles. The van der Waals surface area contributed by atoms with Gasteiger partial charge in [0.1, 0.15) is 0 Å². The average molecular weight is 386 g/mol. The molecule has 1 aromatic heterocycles. The third kappa shape index (κ3) is 2.62. The quantitative estimate of drug-likeness (QED) is 0.845. The normalized spacial score (nSPS) is 21.2. The first-order valence-corrected chi connectivity index (χ1v) is 9.41. The van der Waals surface area contributed by atoms with Crippen LogP contribution in [0.2, 0.25) is 0 Å². The molecule has 27 heavy (non-hydrogen) atoms. The van der Waals surface area contributed by atoms with Crippen LogP contribution in [0.5, 0.6) is 0 Å². The monoisotopic (exact) mass is 386 g/mol. The maximum absolute atomic E-state index is 13.4. The fourth-order valence-electron chi connectivity index (χ4n) is 3.75. The molecule has 1 fully saturated rings. The summed E-state index contributed by atoms with van der Waals surface area (Å²) in [5.41, 5.74) is -0.554. The van der Waals surface area contributed by atoms with Gasteiger partial charge in [-0.05, 0) is 12.1 Å². The van der Waals surface area contributed by atoms with Gasteiger partial charge in [-0.15, -0.1) is 11.3 Å². The molecule has 0 bridgehead atoms. The molecule has 8 nitrogen and oxygen atoms in total. The standard InChI is InChI=1S/C18H18N4O4S/c1-26-10-9-21-15(24)12-4-2-3-5-13(12)22-14(23)6-7-18(21,22)16(25)20-17-19-8-11-27-17/h2-5,8,11H,6-7,9-10H2,1H3,(H,19,20,25). The Morgan fingerprint density at radius 2 is 2.19 bits per heavy atom. The number of rotatable bonds is 5. The van der Waals surface area contributed by atoms with Crippen LogP contribution in [-0.2, 0) is 14.3 Å². The minimum Gasteiger partial charge on any atom is -0.383 e. The molecule has 3 amide bonds. The van der Waals surface area contributed by atoms with E-state index >= 15 is 0 Å². The number of hydrogen-bond donors (Lipinski definition) is 1. The predicted octanol–water partition coefficient (Wildman–Crippen LogP) is 1.71. The summed E-state index contributed by atoms with van der Waals surface area (Å²) in [5.74, 6) is -0.920. The number of amides is 3. The predicted molar refractivity (Wildman–Crippen MR) is 99.5 cm³/mol. The Morgan fingerprint density at radius 3 is 2.93 bits per heavy atom. The Hall–Kier alpha value is -2.78. The van der Waals surface area contributed by atoms with E-state index in [1.807, 2.05) is 0 Å². The van der Waals surface area contributed by atoms with Crippen molar-refractivity contribution in [2.75, 3.05) is 30.5 Å². The van der Waals surface area contributed by atoms with Crippen LogP contribution in [0.15, 0.2) is 35.8 Å². The highest BCUT2D eigenvalue weighted by Gasteiger charge is 2.60. The number of thiazole rings is 1. The van der Waals surface area contributed by atoms with Gasteiger partial charge in [-0.3, -0.25) is 24.6 Å². The number of carbonyl (C=O) groups excluding carboxylic acids is 3. The topological polar surface area (TPSA) is 91.8 Å². The second-order valence-corrected chi connectivity index (χ2v) is 7.20. The lowest BCUT2D eigenvalue weighted by molar-refractivity contribution is -0.129. The van der Waals surface area contributed by atoms with E-state index in [1.165, 1.54) is 28.2 Å². The minimum absolute atomic E-state index is 0.177. The molecular formula is C18H18N4O4S. The van der Waals surface area contributed by atoms with Crippen molar-refractivity contribution >= 4 is 39.9 Å². The summed E-state index contributed by atoms with van der Waals surface area (Å²) in [6.07, 6.45) is 1.97. The smallest absolute Gasteiger partial charge is 0.273 e. The van der Waals surface area contributed by atoms with Crippen LogP contribution < -0.4 is 10.2 Å². The largest absolute Gasteiger partial charge is 0.383 e. The highest BCUT2D eigenvalue weighted by molar-refractivity contribution is 7.13. The van der Waals surface area contributed by atoms with Crippen LogP contribution in [-0.4, -0.2) is 53.5 Å². The molecule has 9 heteroatoms. The van der Waals surface area contributed by atoms with E-state index in [-0.39, 0.29) is 37.8 Å². The number of nitrogens with one attached hydrogen (secondary N) is 1. The summed E-state index contributed by atoms with van der Waals surface area (Å²) in [5, 5.41) is 4.94. The third-order valence-electron chi connectivity index (χ3n) is 4.91. The molecule has 2 aliphatic heterocycles. The van der Waals surface area contributed by atoms with Crippen molar-refractivity contribution in [1.29, 1.82) is 0 Å². The van der Waals surface area contributed by atoms with Crippen LogP contribution in [0, 0.1) is 0 Å². The number of fused-ring (bicyclic) bond motifs is 3. The Balaban J connectivity index is 1.85. The van der Waals surface area contributed by atoms with E-state index in [9.17, 15) is 14.4 Å². The van der Waals surface area contributed by atoms with Gasteiger partial charge in [-0.25, -0.2) is 4.98 Å². The number of para-hydroxylation sites is 1. The first-order valence-electron chi connectivity index (χ1n) is 8.53. The van der Waals surface area contributed by atoms with Gasteiger partial charge in [0.2, 0.25) is 11.6 Å². The molecule has 0 aliphatic carbocycles. The number of hydrogen-bond acceptors (Lipinski definition) is 6. The Labute approximate surface area is 159 Å². The molecule has 0 radical (unpaired) electrons. The second-order valence-electron chi connectivity index (χ2n) is 6.30. The van der Waals surface area contributed by atoms with Crippen LogP contribution >= 0.6 is 11.3 Å². The summed E-state index contributed by atoms with van der Waals surface area (Å²) in [6.45, 7) is 0.445. The van der Waals surface area contributed by atoms with Crippen molar-refractivity contribution in [3.63, 3.8) is 0 Å². The fraction of sp³-hybridized carbons (Fsp3) is 0.333. The van der Waals surface area contributed by atoms with Gasteiger partial charge in [0, 0.05) is 38.1 Å². The molecule has 2 aliphatic rings.